The second kappa shape index (κ2) is 9.83. The second-order valence-corrected chi connectivity index (χ2v) is 9.20. The first kappa shape index (κ1) is 23.7. The van der Waals surface area contributed by atoms with Gasteiger partial charge in [0.1, 0.15) is 5.54 Å². The molecule has 1 saturated carbocycles. The number of carbonyl (C=O) groups excluding carboxylic acids is 2. The number of nitrogens with one attached hydrogen (secondary N) is 2. The predicted octanol–water partition coefficient (Wildman–Crippen LogP) is 4.04. The summed E-state index contributed by atoms with van der Waals surface area (Å²) in [5, 5.41) is 5.11. The number of nitrogens with zero attached hydrogens (tertiary/aromatic N) is 1. The lowest BCUT2D eigenvalue weighted by atomic mass is 9.75. The number of piperidine rings is 1. The van der Waals surface area contributed by atoms with E-state index in [2.05, 4.69) is 22.8 Å². The van der Waals surface area contributed by atoms with Crippen molar-refractivity contribution in [1.29, 1.82) is 0 Å². The topological polar surface area (TPSA) is 79.9 Å². The van der Waals surface area contributed by atoms with Crippen LogP contribution in [0.2, 0.25) is 0 Å². The standard InChI is InChI=1S/C24H33F2N3O4/c1-2-27-21(30)29-14-12-24(25,26)23(13-15-32-22(31)28-23)20(29)16-33-19-10-8-18(9-11-19)17-6-4-3-5-7-17/h3-7,18-20H,2,8-16H2,1H3,(H,27,30)(H,28,31)/t18?,19?,20-,23+/m1/s1. The molecule has 1 aromatic carbocycles. The zero-order chi connectivity index (χ0) is 23.5. The zero-order valence-corrected chi connectivity index (χ0v) is 19.0. The maximum absolute atomic E-state index is 15.3. The summed E-state index contributed by atoms with van der Waals surface area (Å²) in [5.74, 6) is -2.72. The van der Waals surface area contributed by atoms with Crippen LogP contribution in [-0.2, 0) is 9.47 Å². The number of cyclic esters (lactones) is 1. The van der Waals surface area contributed by atoms with Gasteiger partial charge in [-0.25, -0.2) is 18.4 Å². The van der Waals surface area contributed by atoms with Crippen LogP contribution in [0, 0.1) is 0 Å². The minimum absolute atomic E-state index is 0.0618. The summed E-state index contributed by atoms with van der Waals surface area (Å²) in [6.07, 6.45) is 2.02. The van der Waals surface area contributed by atoms with E-state index in [-0.39, 0.29) is 32.3 Å². The Labute approximate surface area is 193 Å². The first-order valence-electron chi connectivity index (χ1n) is 11.9. The lowest BCUT2D eigenvalue weighted by Gasteiger charge is -2.54. The van der Waals surface area contributed by atoms with Gasteiger partial charge in [0.05, 0.1) is 25.4 Å². The van der Waals surface area contributed by atoms with Crippen LogP contribution < -0.4 is 10.6 Å². The van der Waals surface area contributed by atoms with Gasteiger partial charge in [-0.3, -0.25) is 0 Å². The Morgan fingerprint density at radius 1 is 1.21 bits per heavy atom. The molecule has 3 aliphatic rings. The van der Waals surface area contributed by atoms with Crippen LogP contribution in [0.5, 0.6) is 0 Å². The number of halogens is 2. The van der Waals surface area contributed by atoms with Crippen LogP contribution in [0.3, 0.4) is 0 Å². The Morgan fingerprint density at radius 2 is 1.94 bits per heavy atom. The molecule has 9 heteroatoms. The highest BCUT2D eigenvalue weighted by Crippen LogP contribution is 2.45. The van der Waals surface area contributed by atoms with Gasteiger partial charge in [0.2, 0.25) is 0 Å². The third-order valence-electron chi connectivity index (χ3n) is 7.34. The van der Waals surface area contributed by atoms with Gasteiger partial charge in [-0.15, -0.1) is 0 Å². The highest BCUT2D eigenvalue weighted by Gasteiger charge is 2.65. The minimum Gasteiger partial charge on any atom is -0.449 e. The average molecular weight is 466 g/mol. The number of benzene rings is 1. The van der Waals surface area contributed by atoms with Crippen LogP contribution in [0.25, 0.3) is 0 Å². The van der Waals surface area contributed by atoms with Crippen molar-refractivity contribution in [2.75, 3.05) is 26.3 Å². The van der Waals surface area contributed by atoms with E-state index in [9.17, 15) is 9.59 Å². The van der Waals surface area contributed by atoms with Crippen molar-refractivity contribution in [2.24, 2.45) is 0 Å². The summed E-state index contributed by atoms with van der Waals surface area (Å²) in [5.41, 5.74) is -0.596. The van der Waals surface area contributed by atoms with Crippen LogP contribution in [0.1, 0.15) is 56.9 Å². The van der Waals surface area contributed by atoms with E-state index in [1.54, 1.807) is 6.92 Å². The molecule has 1 spiro atoms. The molecule has 182 valence electrons. The van der Waals surface area contributed by atoms with Gasteiger partial charge >= 0.3 is 12.1 Å². The lowest BCUT2D eigenvalue weighted by Crippen LogP contribution is -2.78. The first-order chi connectivity index (χ1) is 15.9. The number of urea groups is 1. The molecular formula is C24H33F2N3O4. The van der Waals surface area contributed by atoms with E-state index in [0.717, 1.165) is 25.7 Å². The largest absolute Gasteiger partial charge is 0.449 e. The molecule has 7 nitrogen and oxygen atoms in total. The fraction of sp³-hybridized carbons (Fsp3) is 0.667. The number of alkyl carbamates (subject to hydrolysis) is 1. The molecule has 2 N–H and O–H groups in total. The Morgan fingerprint density at radius 3 is 2.61 bits per heavy atom. The quantitative estimate of drug-likeness (QED) is 0.688. The predicted molar refractivity (Wildman–Crippen MR) is 118 cm³/mol. The number of hydrogen-bond donors (Lipinski definition) is 2. The Kier molecular flexibility index (Phi) is 7.07. The fourth-order valence-electron chi connectivity index (χ4n) is 5.50. The molecule has 3 fully saturated rings. The van der Waals surface area contributed by atoms with Crippen LogP contribution in [-0.4, -0.2) is 66.9 Å². The van der Waals surface area contributed by atoms with Gasteiger partial charge < -0.3 is 25.0 Å². The highest BCUT2D eigenvalue weighted by molar-refractivity contribution is 5.76. The Hall–Kier alpha value is -2.42. The summed E-state index contributed by atoms with van der Waals surface area (Å²) in [6.45, 7) is 1.87. The Bertz CT molecular complexity index is 832. The molecule has 1 aliphatic carbocycles. The number of carbonyl (C=O) groups is 2. The van der Waals surface area contributed by atoms with Crippen molar-refractivity contribution in [1.82, 2.24) is 15.5 Å². The minimum atomic E-state index is -3.19. The summed E-state index contributed by atoms with van der Waals surface area (Å²) < 4.78 is 41.7. The number of ether oxygens (including phenoxy) is 2. The molecule has 0 bridgehead atoms. The van der Waals surface area contributed by atoms with Crippen molar-refractivity contribution >= 4 is 12.1 Å². The zero-order valence-electron chi connectivity index (χ0n) is 19.0. The van der Waals surface area contributed by atoms with E-state index >= 15 is 8.78 Å². The lowest BCUT2D eigenvalue weighted by molar-refractivity contribution is -0.177. The van der Waals surface area contributed by atoms with Gasteiger partial charge in [0.25, 0.3) is 5.92 Å². The number of hydrogen-bond acceptors (Lipinski definition) is 4. The van der Waals surface area contributed by atoms with Gasteiger partial charge in [-0.05, 0) is 44.1 Å². The summed E-state index contributed by atoms with van der Waals surface area (Å²) in [7, 11) is 0. The van der Waals surface area contributed by atoms with Crippen molar-refractivity contribution in [3.63, 3.8) is 0 Å². The highest BCUT2D eigenvalue weighted by atomic mass is 19.3. The van der Waals surface area contributed by atoms with Crippen molar-refractivity contribution < 1.29 is 27.8 Å². The van der Waals surface area contributed by atoms with E-state index in [1.165, 1.54) is 10.5 Å². The monoisotopic (exact) mass is 465 g/mol. The normalized spacial score (nSPS) is 31.5. The van der Waals surface area contributed by atoms with Gasteiger partial charge in [-0.1, -0.05) is 30.3 Å². The number of amides is 3. The second-order valence-electron chi connectivity index (χ2n) is 9.20. The van der Waals surface area contributed by atoms with Crippen LogP contribution in [0.15, 0.2) is 30.3 Å². The van der Waals surface area contributed by atoms with Gasteiger partial charge in [-0.2, -0.15) is 0 Å². The molecule has 0 radical (unpaired) electrons. The molecule has 1 aromatic rings. The summed E-state index contributed by atoms with van der Waals surface area (Å²) >= 11 is 0. The molecule has 2 heterocycles. The van der Waals surface area contributed by atoms with Crippen molar-refractivity contribution in [2.45, 2.75) is 75.0 Å². The molecule has 2 saturated heterocycles. The maximum atomic E-state index is 15.3. The van der Waals surface area contributed by atoms with E-state index in [4.69, 9.17) is 9.47 Å². The third kappa shape index (κ3) is 4.78. The molecule has 3 amide bonds. The molecule has 2 atom stereocenters. The number of likely N-dealkylation sites (tertiary alicyclic amines) is 1. The molecule has 33 heavy (non-hydrogen) atoms. The third-order valence-corrected chi connectivity index (χ3v) is 7.34. The molecule has 0 aromatic heterocycles. The van der Waals surface area contributed by atoms with E-state index in [0.29, 0.717) is 12.5 Å². The first-order valence-corrected chi connectivity index (χ1v) is 11.9. The molecule has 0 unspecified atom stereocenters. The fourth-order valence-corrected chi connectivity index (χ4v) is 5.50. The van der Waals surface area contributed by atoms with E-state index < -0.39 is 36.0 Å². The smallest absolute Gasteiger partial charge is 0.407 e. The summed E-state index contributed by atoms with van der Waals surface area (Å²) in [6, 6.07) is 8.94. The van der Waals surface area contributed by atoms with Crippen molar-refractivity contribution in [3.05, 3.63) is 35.9 Å². The number of alkyl halides is 2. The van der Waals surface area contributed by atoms with E-state index in [1.807, 2.05) is 18.2 Å². The molecule has 2 aliphatic heterocycles. The maximum Gasteiger partial charge on any atom is 0.407 e. The average Bonchev–Trinajstić information content (AvgIpc) is 2.81. The van der Waals surface area contributed by atoms with Crippen LogP contribution in [0.4, 0.5) is 18.4 Å². The Balaban J connectivity index is 1.48. The summed E-state index contributed by atoms with van der Waals surface area (Å²) in [4.78, 5) is 26.2. The van der Waals surface area contributed by atoms with Gasteiger partial charge in [0, 0.05) is 25.9 Å². The number of rotatable bonds is 5. The van der Waals surface area contributed by atoms with Crippen molar-refractivity contribution in [3.8, 4) is 0 Å². The molecule has 4 rings (SSSR count). The SMILES string of the molecule is CCNC(=O)N1CCC(F)(F)[C@]2(CCOC(=O)N2)[C@H]1COC1CCC(c2ccccc2)CC1. The molecular weight excluding hydrogens is 432 g/mol. The van der Waals surface area contributed by atoms with Gasteiger partial charge in [0.15, 0.2) is 0 Å². The van der Waals surface area contributed by atoms with Crippen LogP contribution >= 0.6 is 0 Å².